The first-order chi connectivity index (χ1) is 64.0. The van der Waals surface area contributed by atoms with E-state index in [4.69, 9.17) is 39.6 Å². The molecule has 8 heterocycles. The lowest BCUT2D eigenvalue weighted by atomic mass is 9.98. The van der Waals surface area contributed by atoms with Gasteiger partial charge in [0.25, 0.3) is 0 Å². The number of aromatic nitrogens is 6. The predicted molar refractivity (Wildman–Crippen MR) is 504 cm³/mol. The second-order valence-corrected chi connectivity index (χ2v) is 36.8. The lowest BCUT2D eigenvalue weighted by Crippen LogP contribution is -2.58. The Morgan fingerprint density at radius 2 is 0.769 bits per heavy atom. The smallest absolute Gasteiger partial charge is 0.410 e. The van der Waals surface area contributed by atoms with Crippen molar-refractivity contribution in [3.8, 4) is 37.0 Å². The fourth-order valence-electron chi connectivity index (χ4n) is 17.3. The fourth-order valence-corrected chi connectivity index (χ4v) is 17.3. The van der Waals surface area contributed by atoms with Gasteiger partial charge in [0.1, 0.15) is 89.7 Å². The van der Waals surface area contributed by atoms with Gasteiger partial charge in [0, 0.05) is 32.2 Å². The topological polar surface area (TPSA) is 414 Å². The van der Waals surface area contributed by atoms with Crippen LogP contribution in [0.25, 0.3) is 0 Å². The van der Waals surface area contributed by atoms with Gasteiger partial charge >= 0.3 is 12.2 Å². The van der Waals surface area contributed by atoms with Crippen molar-refractivity contribution >= 4 is 65.4 Å². The molecule has 2 aromatic heterocycles. The van der Waals surface area contributed by atoms with E-state index in [0.29, 0.717) is 75.6 Å². The Morgan fingerprint density at radius 1 is 0.448 bits per heavy atom. The van der Waals surface area contributed by atoms with Crippen LogP contribution >= 0.6 is 0 Å². The molecular formula is C101H131N19O14. The molecule has 2 unspecified atom stereocenters. The molecule has 0 bridgehead atoms. The molecule has 134 heavy (non-hydrogen) atoms. The van der Waals surface area contributed by atoms with E-state index in [1.807, 2.05) is 140 Å². The number of likely N-dealkylation sites (N-methyl/N-ethyl adjacent to an activating group) is 3. The lowest BCUT2D eigenvalue weighted by Gasteiger charge is -2.36. The first-order valence-electron chi connectivity index (χ1n) is 46.3. The number of aliphatic hydroxyl groups excluding tert-OH is 1. The number of nitrogens with zero attached hydrogens (tertiary/aromatic N) is 11. The van der Waals surface area contributed by atoms with Crippen molar-refractivity contribution in [2.75, 3.05) is 21.1 Å². The third kappa shape index (κ3) is 27.9. The molecule has 13 rings (SSSR count). The highest BCUT2D eigenvalue weighted by Gasteiger charge is 2.49. The molecule has 10 N–H and O–H groups in total. The molecule has 11 amide bonds. The monoisotopic (exact) mass is 1830 g/mol. The van der Waals surface area contributed by atoms with E-state index in [1.165, 1.54) is 23.9 Å². The van der Waals surface area contributed by atoms with Gasteiger partial charge in [-0.1, -0.05) is 218 Å². The molecule has 33 nitrogen and oxygen atoms in total. The SMILES string of the molecule is C#CC(NC(=O)[C@@H]1CC[C@@H]2CCCC[C@H](NC(=O)[C@H](C)N(C)C(=O)OC(C)(C)C)C(=O)N21)c1ccccc1.C#CC(O)c1ccccc1.C#C[C@@H](N)c1ccccc1.CN[C@@H](C)C(=O)N[C@H]1CCCC[C@H]2CC[C@@H](C(=O)N[C@@H](c3ccccc3)c3cn(Cn4cc([C@@H](NC(=O)[C@@H]5CC[C@@H]6CCCC[C@H](NC(=O)[C@H](C)N(C)C(=O)OC(C)(C)C)C(=O)N65)c5ccccc5)nn4)nn3)N2C1=O. The highest BCUT2D eigenvalue weighted by Crippen LogP contribution is 2.37. The number of carbonyl (C=O) groups excluding carboxylic acids is 11. The summed E-state index contributed by atoms with van der Waals surface area (Å²) in [5.41, 5.74) is 9.04. The van der Waals surface area contributed by atoms with Gasteiger partial charge in [-0.3, -0.25) is 53.0 Å². The lowest BCUT2D eigenvalue weighted by molar-refractivity contribution is -0.144. The minimum absolute atomic E-state index is 0.0687. The average molecular weight is 1840 g/mol. The molecule has 5 aromatic carbocycles. The third-order valence-electron chi connectivity index (χ3n) is 25.0. The number of aliphatic hydroxyl groups is 1. The number of rotatable bonds is 24. The maximum Gasteiger partial charge on any atom is 0.410 e. The van der Waals surface area contributed by atoms with Crippen LogP contribution in [0.1, 0.15) is 247 Å². The zero-order chi connectivity index (χ0) is 97.1. The summed E-state index contributed by atoms with van der Waals surface area (Å²) < 4.78 is 14.0. The summed E-state index contributed by atoms with van der Waals surface area (Å²) >= 11 is 0. The predicted octanol–water partition coefficient (Wildman–Crippen LogP) is 9.31. The van der Waals surface area contributed by atoms with Crippen LogP contribution in [0.3, 0.4) is 0 Å². The molecule has 0 spiro atoms. The van der Waals surface area contributed by atoms with Gasteiger partial charge in [-0.25, -0.2) is 19.0 Å². The summed E-state index contributed by atoms with van der Waals surface area (Å²) in [6.07, 6.45) is 29.2. The number of benzene rings is 5. The van der Waals surface area contributed by atoms with E-state index in [9.17, 15) is 52.7 Å². The number of hydrogen-bond donors (Lipinski definition) is 9. The molecule has 0 radical (unpaired) electrons. The number of nitrogens with two attached hydrogens (primary N) is 1. The number of ether oxygens (including phenoxy) is 2. The summed E-state index contributed by atoms with van der Waals surface area (Å²) in [4.78, 5) is 157. The van der Waals surface area contributed by atoms with Crippen LogP contribution in [-0.4, -0.2) is 230 Å². The summed E-state index contributed by atoms with van der Waals surface area (Å²) in [6, 6.07) is 37.2. The average Bonchev–Trinajstić information content (AvgIpc) is 1.64. The van der Waals surface area contributed by atoms with E-state index in [2.05, 4.69) is 75.6 Å². The Hall–Kier alpha value is -13.3. The van der Waals surface area contributed by atoms with Crippen LogP contribution in [0.5, 0.6) is 0 Å². The molecule has 6 aliphatic rings. The van der Waals surface area contributed by atoms with Crippen LogP contribution in [0.4, 0.5) is 9.59 Å². The van der Waals surface area contributed by atoms with Gasteiger partial charge in [-0.2, -0.15) is 0 Å². The van der Waals surface area contributed by atoms with Gasteiger partial charge < -0.3 is 72.2 Å². The quantitative estimate of drug-likeness (QED) is 0.0254. The highest BCUT2D eigenvalue weighted by molar-refractivity contribution is 5.97. The van der Waals surface area contributed by atoms with Gasteiger partial charge in [-0.15, -0.1) is 29.5 Å². The summed E-state index contributed by atoms with van der Waals surface area (Å²) in [6.45, 7) is 15.5. The van der Waals surface area contributed by atoms with E-state index < -0.39 is 114 Å². The Morgan fingerprint density at radius 3 is 1.10 bits per heavy atom. The van der Waals surface area contributed by atoms with E-state index in [0.717, 1.165) is 79.2 Å². The van der Waals surface area contributed by atoms with Crippen molar-refractivity contribution < 1.29 is 67.3 Å². The summed E-state index contributed by atoms with van der Waals surface area (Å²) in [5, 5.41) is 47.9. The number of hydrogen-bond acceptors (Lipinski definition) is 20. The van der Waals surface area contributed by atoms with Crippen LogP contribution < -0.4 is 43.0 Å². The van der Waals surface area contributed by atoms with Crippen molar-refractivity contribution in [1.29, 1.82) is 0 Å². The second-order valence-electron chi connectivity index (χ2n) is 36.8. The minimum Gasteiger partial charge on any atom is -0.444 e. The van der Waals surface area contributed by atoms with E-state index >= 15 is 0 Å². The molecule has 33 heteroatoms. The Labute approximate surface area is 786 Å². The van der Waals surface area contributed by atoms with Crippen molar-refractivity contribution in [2.45, 2.75) is 299 Å². The first kappa shape index (κ1) is 103. The number of carbonyl (C=O) groups is 11. The number of terminal acetylenes is 3. The molecular weight excluding hydrogens is 1700 g/mol. The third-order valence-corrected chi connectivity index (χ3v) is 25.0. The number of nitrogens with one attached hydrogen (secondary N) is 7. The molecule has 0 saturated carbocycles. The molecule has 0 aliphatic carbocycles. The van der Waals surface area contributed by atoms with Crippen molar-refractivity contribution in [3.05, 3.63) is 203 Å². The highest BCUT2D eigenvalue weighted by atomic mass is 16.6. The van der Waals surface area contributed by atoms with Gasteiger partial charge in [-0.05, 0) is 174 Å². The van der Waals surface area contributed by atoms with Gasteiger partial charge in [0.2, 0.25) is 53.2 Å². The second kappa shape index (κ2) is 48.4. The Bertz CT molecular complexity index is 5190. The summed E-state index contributed by atoms with van der Waals surface area (Å²) in [5.74, 6) is 4.25. The number of amides is 11. The van der Waals surface area contributed by atoms with Crippen LogP contribution in [-0.2, 0) is 59.3 Å². The maximum atomic E-state index is 14.6. The molecule has 17 atom stereocenters. The van der Waals surface area contributed by atoms with Crippen molar-refractivity contribution in [1.82, 2.24) is 91.7 Å². The maximum absolute atomic E-state index is 14.6. The van der Waals surface area contributed by atoms with Crippen LogP contribution in [0.15, 0.2) is 164 Å². The molecule has 6 saturated heterocycles. The molecule has 714 valence electrons. The van der Waals surface area contributed by atoms with E-state index in [1.54, 1.807) is 118 Å². The normalized spacial score (nSPS) is 21.7. The van der Waals surface area contributed by atoms with Gasteiger partial charge in [0.15, 0.2) is 0 Å². The summed E-state index contributed by atoms with van der Waals surface area (Å²) in [7, 11) is 4.66. The zero-order valence-electron chi connectivity index (χ0n) is 78.8. The molecule has 7 aromatic rings. The van der Waals surface area contributed by atoms with Crippen molar-refractivity contribution in [3.63, 3.8) is 0 Å². The van der Waals surface area contributed by atoms with Crippen LogP contribution in [0.2, 0.25) is 0 Å². The van der Waals surface area contributed by atoms with Gasteiger partial charge in [0.05, 0.1) is 36.6 Å². The van der Waals surface area contributed by atoms with Crippen molar-refractivity contribution in [2.24, 2.45) is 5.73 Å². The minimum atomic E-state index is -0.925. The van der Waals surface area contributed by atoms with E-state index in [-0.39, 0.29) is 72.2 Å². The fraction of sp³-hybridized carbons (Fsp3) is 0.495. The number of fused-ring (bicyclic) bond motifs is 3. The van der Waals surface area contributed by atoms with Crippen LogP contribution in [0, 0.1) is 37.0 Å². The Balaban J connectivity index is 0.000000261. The molecule has 6 aliphatic heterocycles. The standard InChI is InChI=1S/C54H74N14O8.C29H40N4O5.C9H9N.C9H8O/c1-33(55-6)47(69)56-39-24-16-14-22-37-26-28-43(67(37)51(39)73)49(71)58-45(35-18-10-8-11-19-35)41-30-65(62-60-41)32-66-31-42(61-63-66)46(36-20-12-9-13-21-36)59-50(72)44-29-27-38-23-15-17-25-40(52(74)68(38)44)57-48(70)34(2)64(7)53(75)76-54(3,4)5;1-7-22(20-13-9-8-10-14-20)30-26(35)24-18-17-21-15-11-12-16-23(27(36)33(21)24)31-25(34)19(2)32(6)28(37)38-29(3,4)5;2*1-2-9(10)8-6-4-3-5-7-8/h8-13,18-21,30-31,33-34,37-40,43-46,55H,14-17,22-29,32H2,1-7H3,(H,56,69)(H,57,70)(H,58,71)(H,59,72);1,8-10,13-14,19,21-24H,11-12,15-18H2,2-6H3,(H,30,35)(H,31,34);1,3-7,9H,10H2;1,3-7,9-10H/t33-,34-,37-,38-,39-,40-,43-,44-,45-,46-;19-,21-,22?,23-,24-;9-;/m001./s1. The zero-order valence-corrected chi connectivity index (χ0v) is 78.8. The first-order valence-corrected chi connectivity index (χ1v) is 46.3. The Kier molecular flexibility index (Phi) is 37.1. The molecule has 6 fully saturated rings. The largest absolute Gasteiger partial charge is 0.444 e.